The fourth-order valence-corrected chi connectivity index (χ4v) is 4.33. The molecule has 1 unspecified atom stereocenters. The third-order valence-electron chi connectivity index (χ3n) is 4.69. The molecule has 0 radical (unpaired) electrons. The Balaban J connectivity index is 1.44. The zero-order chi connectivity index (χ0) is 20.9. The number of carbonyl (C=O) groups excluding carboxylic acids is 1. The van der Waals surface area contributed by atoms with Crippen LogP contribution in [0.15, 0.2) is 82.6 Å². The number of aliphatic hydroxyl groups is 1. The first-order chi connectivity index (χ1) is 14.6. The molecule has 1 heterocycles. The molecule has 0 aromatic heterocycles. The molecule has 0 fully saturated rings. The van der Waals surface area contributed by atoms with Crippen molar-refractivity contribution in [2.75, 3.05) is 6.61 Å². The molecule has 4 rings (SSSR count). The average molecular weight is 419 g/mol. The van der Waals surface area contributed by atoms with Crippen LogP contribution in [0.25, 0.3) is 6.08 Å². The van der Waals surface area contributed by atoms with Gasteiger partial charge in [-0.1, -0.05) is 55.1 Å². The monoisotopic (exact) mass is 418 g/mol. The molecule has 0 spiro atoms. The molecule has 30 heavy (non-hydrogen) atoms. The van der Waals surface area contributed by atoms with Crippen LogP contribution in [0.2, 0.25) is 0 Å². The Kier molecular flexibility index (Phi) is 6.21. The molecule has 0 aliphatic carbocycles. The maximum Gasteiger partial charge on any atom is 0.330 e. The average Bonchev–Trinajstić information content (AvgIpc) is 2.77. The standard InChI is InChI=1S/C25H22O4S/c1-2-15-28-24(26)14-9-17-7-10-18(11-8-17)29-19-12-13-21-23(16-19)30-22-6-4-3-5-20(22)25(21)27/h3-14,16,25,27H,2,15H2,1H3/b14-9-. The molecule has 0 saturated carbocycles. The van der Waals surface area contributed by atoms with Crippen molar-refractivity contribution < 1.29 is 19.4 Å². The van der Waals surface area contributed by atoms with Crippen LogP contribution in [0.4, 0.5) is 0 Å². The second kappa shape index (κ2) is 9.20. The number of rotatable bonds is 6. The summed E-state index contributed by atoms with van der Waals surface area (Å²) in [5, 5.41) is 10.7. The Hall–Kier alpha value is -3.02. The fraction of sp³-hybridized carbons (Fsp3) is 0.160. The van der Waals surface area contributed by atoms with E-state index in [0.29, 0.717) is 18.1 Å². The van der Waals surface area contributed by atoms with E-state index in [1.807, 2.05) is 73.7 Å². The van der Waals surface area contributed by atoms with Gasteiger partial charge >= 0.3 is 5.97 Å². The van der Waals surface area contributed by atoms with Crippen molar-refractivity contribution in [3.63, 3.8) is 0 Å². The Morgan fingerprint density at radius 3 is 2.53 bits per heavy atom. The molecule has 5 heteroatoms. The third kappa shape index (κ3) is 4.58. The van der Waals surface area contributed by atoms with E-state index in [-0.39, 0.29) is 5.97 Å². The van der Waals surface area contributed by atoms with Crippen LogP contribution in [0.3, 0.4) is 0 Å². The summed E-state index contributed by atoms with van der Waals surface area (Å²) in [6.07, 6.45) is 3.32. The van der Waals surface area contributed by atoms with Crippen molar-refractivity contribution in [1.29, 1.82) is 0 Å². The van der Waals surface area contributed by atoms with Crippen molar-refractivity contribution in [1.82, 2.24) is 0 Å². The molecule has 152 valence electrons. The van der Waals surface area contributed by atoms with E-state index in [0.717, 1.165) is 32.9 Å². The summed E-state index contributed by atoms with van der Waals surface area (Å²) in [4.78, 5) is 13.6. The van der Waals surface area contributed by atoms with Crippen LogP contribution in [0.5, 0.6) is 11.5 Å². The van der Waals surface area contributed by atoms with Crippen LogP contribution in [-0.2, 0) is 9.53 Å². The molecule has 1 atom stereocenters. The van der Waals surface area contributed by atoms with Crippen LogP contribution in [0, 0.1) is 0 Å². The zero-order valence-corrected chi connectivity index (χ0v) is 17.4. The SMILES string of the molecule is CCCOC(=O)/C=C\c1ccc(Oc2ccc3c(c2)Sc2ccccc2C3O)cc1. The van der Waals surface area contributed by atoms with Gasteiger partial charge in [0, 0.05) is 15.9 Å². The number of hydrogen-bond donors (Lipinski definition) is 1. The molecule has 4 nitrogen and oxygen atoms in total. The molecule has 3 aromatic carbocycles. The van der Waals surface area contributed by atoms with E-state index in [1.165, 1.54) is 6.08 Å². The van der Waals surface area contributed by atoms with E-state index < -0.39 is 6.10 Å². The van der Waals surface area contributed by atoms with E-state index in [2.05, 4.69) is 0 Å². The minimum atomic E-state index is -0.624. The topological polar surface area (TPSA) is 55.8 Å². The molecule has 3 aromatic rings. The molecule has 0 amide bonds. The van der Waals surface area contributed by atoms with Crippen molar-refractivity contribution in [3.05, 3.63) is 89.5 Å². The second-order valence-electron chi connectivity index (χ2n) is 6.91. The highest BCUT2D eigenvalue weighted by molar-refractivity contribution is 7.99. The summed E-state index contributed by atoms with van der Waals surface area (Å²) in [6.45, 7) is 2.38. The summed E-state index contributed by atoms with van der Waals surface area (Å²) in [5.74, 6) is 1.06. The van der Waals surface area contributed by atoms with Crippen LogP contribution < -0.4 is 4.74 Å². The van der Waals surface area contributed by atoms with Gasteiger partial charge in [0.1, 0.15) is 17.6 Å². The van der Waals surface area contributed by atoms with Gasteiger partial charge in [-0.2, -0.15) is 0 Å². The van der Waals surface area contributed by atoms with E-state index in [4.69, 9.17) is 9.47 Å². The number of hydrogen-bond acceptors (Lipinski definition) is 5. The highest BCUT2D eigenvalue weighted by Gasteiger charge is 2.24. The van der Waals surface area contributed by atoms with Crippen molar-refractivity contribution >= 4 is 23.8 Å². The highest BCUT2D eigenvalue weighted by atomic mass is 32.2. The van der Waals surface area contributed by atoms with Gasteiger partial charge in [-0.15, -0.1) is 0 Å². The molecule has 0 bridgehead atoms. The van der Waals surface area contributed by atoms with Crippen LogP contribution >= 0.6 is 11.8 Å². The molecule has 1 N–H and O–H groups in total. The predicted molar refractivity (Wildman–Crippen MR) is 118 cm³/mol. The fourth-order valence-electron chi connectivity index (χ4n) is 3.18. The number of benzene rings is 3. The second-order valence-corrected chi connectivity index (χ2v) is 8.00. The largest absolute Gasteiger partial charge is 0.463 e. The first-order valence-corrected chi connectivity index (χ1v) is 10.7. The Morgan fingerprint density at radius 2 is 1.73 bits per heavy atom. The predicted octanol–water partition coefficient (Wildman–Crippen LogP) is 5.99. The zero-order valence-electron chi connectivity index (χ0n) is 16.6. The first-order valence-electron chi connectivity index (χ1n) is 9.85. The van der Waals surface area contributed by atoms with Gasteiger partial charge in [0.15, 0.2) is 0 Å². The lowest BCUT2D eigenvalue weighted by atomic mass is 10.0. The number of aliphatic hydroxyl groups excluding tert-OH is 1. The van der Waals surface area contributed by atoms with Crippen molar-refractivity contribution in [3.8, 4) is 11.5 Å². The maximum absolute atomic E-state index is 11.5. The highest BCUT2D eigenvalue weighted by Crippen LogP contribution is 2.46. The smallest absolute Gasteiger partial charge is 0.330 e. The number of carbonyl (C=O) groups is 1. The van der Waals surface area contributed by atoms with Gasteiger partial charge in [0.05, 0.1) is 6.61 Å². The van der Waals surface area contributed by atoms with E-state index in [9.17, 15) is 9.90 Å². The number of ether oxygens (including phenoxy) is 2. The summed E-state index contributed by atoms with van der Waals surface area (Å²) >= 11 is 1.64. The normalized spacial score (nSPS) is 14.8. The number of fused-ring (bicyclic) bond motifs is 2. The van der Waals surface area contributed by atoms with Gasteiger partial charge in [0.2, 0.25) is 0 Å². The summed E-state index contributed by atoms with van der Waals surface area (Å²) in [5.41, 5.74) is 2.71. The number of esters is 1. The van der Waals surface area contributed by atoms with Gasteiger partial charge < -0.3 is 14.6 Å². The van der Waals surface area contributed by atoms with Crippen LogP contribution in [0.1, 0.15) is 36.1 Å². The lowest BCUT2D eigenvalue weighted by Gasteiger charge is -2.24. The van der Waals surface area contributed by atoms with Crippen LogP contribution in [-0.4, -0.2) is 17.7 Å². The molecular formula is C25H22O4S. The van der Waals surface area contributed by atoms with E-state index >= 15 is 0 Å². The molecule has 0 saturated heterocycles. The molecular weight excluding hydrogens is 396 g/mol. The summed E-state index contributed by atoms with van der Waals surface area (Å²) < 4.78 is 11.0. The Morgan fingerprint density at radius 1 is 1.00 bits per heavy atom. The van der Waals surface area contributed by atoms with Gasteiger partial charge in [-0.25, -0.2) is 4.79 Å². The minimum absolute atomic E-state index is 0.340. The molecule has 1 aliphatic heterocycles. The Labute approximate surface area is 180 Å². The van der Waals surface area contributed by atoms with Gasteiger partial charge in [-0.3, -0.25) is 0 Å². The Bertz CT molecular complexity index is 1070. The first kappa shape index (κ1) is 20.3. The minimum Gasteiger partial charge on any atom is -0.463 e. The van der Waals surface area contributed by atoms with E-state index in [1.54, 1.807) is 17.8 Å². The summed E-state index contributed by atoms with van der Waals surface area (Å²) in [6, 6.07) is 21.1. The lowest BCUT2D eigenvalue weighted by molar-refractivity contribution is -0.137. The lowest BCUT2D eigenvalue weighted by Crippen LogP contribution is -2.07. The quantitative estimate of drug-likeness (QED) is 0.393. The van der Waals surface area contributed by atoms with Crippen molar-refractivity contribution in [2.24, 2.45) is 0 Å². The van der Waals surface area contributed by atoms with Gasteiger partial charge in [0.25, 0.3) is 0 Å². The maximum atomic E-state index is 11.5. The van der Waals surface area contributed by atoms with Gasteiger partial charge in [-0.05, 0) is 59.5 Å². The summed E-state index contributed by atoms with van der Waals surface area (Å²) in [7, 11) is 0. The third-order valence-corrected chi connectivity index (χ3v) is 5.85. The molecule has 1 aliphatic rings. The van der Waals surface area contributed by atoms with Crippen molar-refractivity contribution in [2.45, 2.75) is 29.2 Å².